The van der Waals surface area contributed by atoms with E-state index in [-0.39, 0.29) is 18.4 Å². The Morgan fingerprint density at radius 1 is 1.33 bits per heavy atom. The monoisotopic (exact) mass is 344 g/mol. The molecule has 0 radical (unpaired) electrons. The van der Waals surface area contributed by atoms with Crippen molar-refractivity contribution in [2.24, 2.45) is 0 Å². The number of thiophene rings is 1. The number of anilines is 2. The van der Waals surface area contributed by atoms with Gasteiger partial charge in [-0.3, -0.25) is 14.5 Å². The maximum absolute atomic E-state index is 12.8. The number of carbonyl (C=O) groups excluding carboxylic acids is 3. The molecule has 0 saturated carbocycles. The number of amides is 2. The van der Waals surface area contributed by atoms with Gasteiger partial charge < -0.3 is 10.1 Å². The maximum atomic E-state index is 12.8. The Balaban J connectivity index is 2.02. The summed E-state index contributed by atoms with van der Waals surface area (Å²) in [5.41, 5.74) is 1.32. The summed E-state index contributed by atoms with van der Waals surface area (Å²) in [5.74, 6) is -1.00. The first-order valence-corrected chi connectivity index (χ1v) is 8.40. The Bertz CT molecular complexity index is 801. The minimum Gasteiger partial charge on any atom is -0.462 e. The van der Waals surface area contributed by atoms with Crippen LogP contribution in [0.4, 0.5) is 11.4 Å². The number of fused-ring (bicyclic) bond motifs is 1. The molecule has 7 heteroatoms. The molecule has 0 bridgehead atoms. The Kier molecular flexibility index (Phi) is 4.35. The van der Waals surface area contributed by atoms with E-state index in [0.717, 1.165) is 0 Å². The van der Waals surface area contributed by atoms with E-state index in [2.05, 4.69) is 5.32 Å². The zero-order valence-electron chi connectivity index (χ0n) is 13.2. The maximum Gasteiger partial charge on any atom is 0.338 e. The molecule has 0 unspecified atom stereocenters. The van der Waals surface area contributed by atoms with E-state index in [4.69, 9.17) is 4.74 Å². The number of hydrogen-bond acceptors (Lipinski definition) is 5. The molecule has 3 rings (SSSR count). The highest BCUT2D eigenvalue weighted by atomic mass is 32.1. The molecule has 2 amide bonds. The first-order chi connectivity index (χ1) is 11.5. The predicted octanol–water partition coefficient (Wildman–Crippen LogP) is 2.91. The smallest absolute Gasteiger partial charge is 0.338 e. The summed E-state index contributed by atoms with van der Waals surface area (Å²) in [7, 11) is 0. The summed E-state index contributed by atoms with van der Waals surface area (Å²) in [5, 5.41) is 4.55. The van der Waals surface area contributed by atoms with Crippen molar-refractivity contribution in [2.75, 3.05) is 16.8 Å². The molecule has 24 heavy (non-hydrogen) atoms. The van der Waals surface area contributed by atoms with Gasteiger partial charge in [0.1, 0.15) is 6.04 Å². The number of rotatable bonds is 3. The van der Waals surface area contributed by atoms with E-state index in [1.54, 1.807) is 38.1 Å². The summed E-state index contributed by atoms with van der Waals surface area (Å²) in [4.78, 5) is 38.9. The highest BCUT2D eigenvalue weighted by molar-refractivity contribution is 7.12. The SMILES string of the molecule is CCOC(=O)c1ccc2c(c1)NC(=O)[C@H](C)N2C(=O)c1cccs1. The van der Waals surface area contributed by atoms with Gasteiger partial charge in [0, 0.05) is 0 Å². The quantitative estimate of drug-likeness (QED) is 0.869. The van der Waals surface area contributed by atoms with Crippen LogP contribution in [0.5, 0.6) is 0 Å². The van der Waals surface area contributed by atoms with Crippen LogP contribution in [0.25, 0.3) is 0 Å². The normalized spacial score (nSPS) is 16.3. The third-order valence-electron chi connectivity index (χ3n) is 3.74. The average molecular weight is 344 g/mol. The predicted molar refractivity (Wildman–Crippen MR) is 91.6 cm³/mol. The van der Waals surface area contributed by atoms with Crippen molar-refractivity contribution in [3.8, 4) is 0 Å². The molecule has 0 saturated heterocycles. The van der Waals surface area contributed by atoms with Crippen LogP contribution in [-0.2, 0) is 9.53 Å². The van der Waals surface area contributed by atoms with Crippen molar-refractivity contribution in [3.05, 3.63) is 46.2 Å². The van der Waals surface area contributed by atoms with Crippen LogP contribution in [0, 0.1) is 0 Å². The summed E-state index contributed by atoms with van der Waals surface area (Å²) in [6, 6.07) is 7.65. The number of benzene rings is 1. The van der Waals surface area contributed by atoms with Gasteiger partial charge in [-0.1, -0.05) is 6.07 Å². The molecule has 2 aromatic rings. The van der Waals surface area contributed by atoms with Crippen molar-refractivity contribution >= 4 is 40.5 Å². The first-order valence-electron chi connectivity index (χ1n) is 7.52. The van der Waals surface area contributed by atoms with Gasteiger partial charge in [-0.25, -0.2) is 4.79 Å². The molecule has 1 aromatic carbocycles. The van der Waals surface area contributed by atoms with E-state index < -0.39 is 12.0 Å². The van der Waals surface area contributed by atoms with Crippen LogP contribution in [0.1, 0.15) is 33.9 Å². The van der Waals surface area contributed by atoms with E-state index in [0.29, 0.717) is 21.8 Å². The average Bonchev–Trinajstić information content (AvgIpc) is 3.10. The molecule has 124 valence electrons. The number of nitrogens with one attached hydrogen (secondary N) is 1. The fraction of sp³-hybridized carbons (Fsp3) is 0.235. The highest BCUT2D eigenvalue weighted by Crippen LogP contribution is 2.34. The zero-order chi connectivity index (χ0) is 17.3. The third-order valence-corrected chi connectivity index (χ3v) is 4.60. The second-order valence-corrected chi connectivity index (χ2v) is 6.22. The molecule has 0 aliphatic carbocycles. The molecular weight excluding hydrogens is 328 g/mol. The van der Waals surface area contributed by atoms with Gasteiger partial charge in [0.15, 0.2) is 0 Å². The van der Waals surface area contributed by atoms with Gasteiger partial charge in [0.25, 0.3) is 5.91 Å². The lowest BCUT2D eigenvalue weighted by atomic mass is 10.1. The lowest BCUT2D eigenvalue weighted by molar-refractivity contribution is -0.117. The molecule has 1 aromatic heterocycles. The van der Waals surface area contributed by atoms with Crippen LogP contribution in [0.2, 0.25) is 0 Å². The van der Waals surface area contributed by atoms with Gasteiger partial charge in [-0.05, 0) is 43.5 Å². The van der Waals surface area contributed by atoms with Crippen molar-refractivity contribution in [1.82, 2.24) is 0 Å². The fourth-order valence-electron chi connectivity index (χ4n) is 2.55. The number of hydrogen-bond donors (Lipinski definition) is 1. The number of nitrogens with zero attached hydrogens (tertiary/aromatic N) is 1. The Labute approximate surface area is 143 Å². The van der Waals surface area contributed by atoms with E-state index >= 15 is 0 Å². The standard InChI is InChI=1S/C17H16N2O4S/c1-3-23-17(22)11-6-7-13-12(9-11)18-15(20)10(2)19(13)16(21)14-5-4-8-24-14/h4-10H,3H2,1-2H3,(H,18,20)/t10-/m0/s1. The fourth-order valence-corrected chi connectivity index (χ4v) is 3.21. The van der Waals surface area contributed by atoms with Crippen molar-refractivity contribution in [1.29, 1.82) is 0 Å². The van der Waals surface area contributed by atoms with Gasteiger partial charge in [0.2, 0.25) is 5.91 Å². The number of carbonyl (C=O) groups is 3. The summed E-state index contributed by atoms with van der Waals surface area (Å²) < 4.78 is 4.97. The van der Waals surface area contributed by atoms with Gasteiger partial charge in [0.05, 0.1) is 28.4 Å². The van der Waals surface area contributed by atoms with Crippen molar-refractivity contribution in [3.63, 3.8) is 0 Å². The molecule has 1 aliphatic rings. The lowest BCUT2D eigenvalue weighted by Gasteiger charge is -2.34. The van der Waals surface area contributed by atoms with E-state index in [9.17, 15) is 14.4 Å². The Morgan fingerprint density at radius 3 is 2.79 bits per heavy atom. The Morgan fingerprint density at radius 2 is 2.12 bits per heavy atom. The molecule has 1 aliphatic heterocycles. The van der Waals surface area contributed by atoms with Crippen LogP contribution < -0.4 is 10.2 Å². The minimum atomic E-state index is -0.638. The van der Waals surface area contributed by atoms with Crippen LogP contribution in [0.3, 0.4) is 0 Å². The third kappa shape index (κ3) is 2.78. The van der Waals surface area contributed by atoms with Crippen molar-refractivity contribution in [2.45, 2.75) is 19.9 Å². The lowest BCUT2D eigenvalue weighted by Crippen LogP contribution is -2.49. The summed E-state index contributed by atoms with van der Waals surface area (Å²) >= 11 is 1.32. The van der Waals surface area contributed by atoms with E-state index in [1.165, 1.54) is 22.3 Å². The second kappa shape index (κ2) is 6.45. The molecule has 1 atom stereocenters. The number of ether oxygens (including phenoxy) is 1. The molecule has 2 heterocycles. The topological polar surface area (TPSA) is 75.7 Å². The molecule has 0 fully saturated rings. The Hall–Kier alpha value is -2.67. The molecule has 0 spiro atoms. The molecular formula is C17H16N2O4S. The molecule has 1 N–H and O–H groups in total. The van der Waals surface area contributed by atoms with E-state index in [1.807, 2.05) is 5.38 Å². The number of esters is 1. The molecule has 6 nitrogen and oxygen atoms in total. The van der Waals surface area contributed by atoms with Crippen molar-refractivity contribution < 1.29 is 19.1 Å². The van der Waals surface area contributed by atoms with Gasteiger partial charge in [-0.15, -0.1) is 11.3 Å². The highest BCUT2D eigenvalue weighted by Gasteiger charge is 2.35. The zero-order valence-corrected chi connectivity index (χ0v) is 14.1. The first kappa shape index (κ1) is 16.2. The second-order valence-electron chi connectivity index (χ2n) is 5.27. The van der Waals surface area contributed by atoms with Crippen LogP contribution in [-0.4, -0.2) is 30.4 Å². The summed E-state index contributed by atoms with van der Waals surface area (Å²) in [6.07, 6.45) is 0. The largest absolute Gasteiger partial charge is 0.462 e. The minimum absolute atomic E-state index is 0.238. The van der Waals surface area contributed by atoms with Crippen LogP contribution in [0.15, 0.2) is 35.7 Å². The van der Waals surface area contributed by atoms with Gasteiger partial charge >= 0.3 is 5.97 Å². The van der Waals surface area contributed by atoms with Crippen LogP contribution >= 0.6 is 11.3 Å². The summed E-state index contributed by atoms with van der Waals surface area (Å²) in [6.45, 7) is 3.66. The van der Waals surface area contributed by atoms with Gasteiger partial charge in [-0.2, -0.15) is 0 Å².